The fourth-order valence-corrected chi connectivity index (χ4v) is 1.65. The topological polar surface area (TPSA) is 42.4 Å². The van der Waals surface area contributed by atoms with Crippen LogP contribution in [0.5, 0.6) is 0 Å². The first-order chi connectivity index (χ1) is 7.02. The summed E-state index contributed by atoms with van der Waals surface area (Å²) in [6.45, 7) is 10.1. The predicted octanol–water partition coefficient (Wildman–Crippen LogP) is 2.05. The van der Waals surface area contributed by atoms with Crippen molar-refractivity contribution in [1.82, 2.24) is 4.90 Å². The van der Waals surface area contributed by atoms with E-state index in [0.717, 1.165) is 30.2 Å². The van der Waals surface area contributed by atoms with Crippen LogP contribution in [0.4, 0.5) is 0 Å². The SMILES string of the molecule is C=C(C)CN(C)Cc1cc(CN)oc1C. The van der Waals surface area contributed by atoms with Crippen molar-refractivity contribution in [2.75, 3.05) is 13.6 Å². The molecule has 3 heteroatoms. The van der Waals surface area contributed by atoms with Crippen molar-refractivity contribution < 1.29 is 4.42 Å². The Bertz CT molecular complexity index is 341. The van der Waals surface area contributed by atoms with Gasteiger partial charge in [-0.1, -0.05) is 12.2 Å². The molecule has 0 saturated heterocycles. The highest BCUT2D eigenvalue weighted by Gasteiger charge is 2.08. The van der Waals surface area contributed by atoms with Crippen LogP contribution in [0.25, 0.3) is 0 Å². The molecule has 0 unspecified atom stereocenters. The van der Waals surface area contributed by atoms with Gasteiger partial charge < -0.3 is 10.2 Å². The van der Waals surface area contributed by atoms with E-state index >= 15 is 0 Å². The first-order valence-electron chi connectivity index (χ1n) is 5.14. The van der Waals surface area contributed by atoms with Gasteiger partial charge in [-0.3, -0.25) is 4.90 Å². The van der Waals surface area contributed by atoms with Crippen LogP contribution >= 0.6 is 0 Å². The van der Waals surface area contributed by atoms with Crippen LogP contribution in [0.15, 0.2) is 22.6 Å². The average Bonchev–Trinajstić information content (AvgIpc) is 2.46. The number of hydrogen-bond donors (Lipinski definition) is 1. The second-order valence-electron chi connectivity index (χ2n) is 4.13. The molecule has 15 heavy (non-hydrogen) atoms. The van der Waals surface area contributed by atoms with Crippen molar-refractivity contribution in [3.63, 3.8) is 0 Å². The van der Waals surface area contributed by atoms with Crippen LogP contribution in [-0.4, -0.2) is 18.5 Å². The van der Waals surface area contributed by atoms with E-state index in [-0.39, 0.29) is 0 Å². The molecule has 0 atom stereocenters. The second kappa shape index (κ2) is 5.14. The second-order valence-corrected chi connectivity index (χ2v) is 4.13. The maximum absolute atomic E-state index is 5.52. The van der Waals surface area contributed by atoms with E-state index in [2.05, 4.69) is 18.5 Å². The molecule has 1 heterocycles. The summed E-state index contributed by atoms with van der Waals surface area (Å²) in [6.07, 6.45) is 0. The van der Waals surface area contributed by atoms with Crippen molar-refractivity contribution in [3.8, 4) is 0 Å². The summed E-state index contributed by atoms with van der Waals surface area (Å²) in [5.41, 5.74) is 7.89. The van der Waals surface area contributed by atoms with Crippen molar-refractivity contribution >= 4 is 0 Å². The lowest BCUT2D eigenvalue weighted by atomic mass is 10.2. The van der Waals surface area contributed by atoms with Crippen LogP contribution in [0.3, 0.4) is 0 Å². The minimum Gasteiger partial charge on any atom is -0.465 e. The summed E-state index contributed by atoms with van der Waals surface area (Å²) in [4.78, 5) is 2.21. The number of likely N-dealkylation sites (N-methyl/N-ethyl adjacent to an activating group) is 1. The van der Waals surface area contributed by atoms with Crippen molar-refractivity contribution in [2.24, 2.45) is 5.73 Å². The minimum atomic E-state index is 0.463. The normalized spacial score (nSPS) is 11.0. The molecule has 0 radical (unpaired) electrons. The largest absolute Gasteiger partial charge is 0.465 e. The van der Waals surface area contributed by atoms with E-state index in [1.54, 1.807) is 0 Å². The predicted molar refractivity (Wildman–Crippen MR) is 62.5 cm³/mol. The number of nitrogens with zero attached hydrogens (tertiary/aromatic N) is 1. The van der Waals surface area contributed by atoms with Gasteiger partial charge in [-0.05, 0) is 27.0 Å². The third-order valence-electron chi connectivity index (χ3n) is 2.25. The number of aryl methyl sites for hydroxylation is 1. The molecule has 1 aromatic heterocycles. The summed E-state index contributed by atoms with van der Waals surface area (Å²) in [6, 6.07) is 2.03. The summed E-state index contributed by atoms with van der Waals surface area (Å²) in [5.74, 6) is 1.82. The molecule has 0 bridgehead atoms. The molecule has 0 aliphatic rings. The van der Waals surface area contributed by atoms with E-state index in [1.807, 2.05) is 19.9 Å². The number of rotatable bonds is 5. The molecule has 0 amide bonds. The Labute approximate surface area is 91.6 Å². The summed E-state index contributed by atoms with van der Waals surface area (Å²) < 4.78 is 5.50. The van der Waals surface area contributed by atoms with Gasteiger partial charge in [-0.2, -0.15) is 0 Å². The lowest BCUT2D eigenvalue weighted by Crippen LogP contribution is -2.19. The van der Waals surface area contributed by atoms with Crippen LogP contribution in [0.2, 0.25) is 0 Å². The van der Waals surface area contributed by atoms with E-state index < -0.39 is 0 Å². The highest BCUT2D eigenvalue weighted by Crippen LogP contribution is 2.16. The standard InChI is InChI=1S/C12H20N2O/c1-9(2)7-14(4)8-11-5-12(6-13)15-10(11)3/h5H,1,6-8,13H2,2-4H3. The molecule has 0 fully saturated rings. The van der Waals surface area contributed by atoms with Gasteiger partial charge in [0.15, 0.2) is 0 Å². The smallest absolute Gasteiger partial charge is 0.118 e. The molecule has 3 nitrogen and oxygen atoms in total. The Morgan fingerprint density at radius 1 is 1.60 bits per heavy atom. The lowest BCUT2D eigenvalue weighted by Gasteiger charge is -2.15. The zero-order valence-electron chi connectivity index (χ0n) is 9.84. The van der Waals surface area contributed by atoms with Gasteiger partial charge >= 0.3 is 0 Å². The fraction of sp³-hybridized carbons (Fsp3) is 0.500. The monoisotopic (exact) mass is 208 g/mol. The fourth-order valence-electron chi connectivity index (χ4n) is 1.65. The molecular formula is C12H20N2O. The van der Waals surface area contributed by atoms with Crippen LogP contribution in [0.1, 0.15) is 24.0 Å². The highest BCUT2D eigenvalue weighted by atomic mass is 16.3. The van der Waals surface area contributed by atoms with Gasteiger partial charge in [0.25, 0.3) is 0 Å². The lowest BCUT2D eigenvalue weighted by molar-refractivity contribution is 0.351. The van der Waals surface area contributed by atoms with E-state index in [4.69, 9.17) is 10.2 Å². The van der Waals surface area contributed by atoms with Crippen LogP contribution in [0, 0.1) is 6.92 Å². The Morgan fingerprint density at radius 3 is 2.73 bits per heavy atom. The van der Waals surface area contributed by atoms with Crippen molar-refractivity contribution in [2.45, 2.75) is 26.9 Å². The van der Waals surface area contributed by atoms with Gasteiger partial charge in [0.05, 0.1) is 6.54 Å². The highest BCUT2D eigenvalue weighted by molar-refractivity contribution is 5.20. The number of furan rings is 1. The molecule has 1 rings (SSSR count). The number of nitrogens with two attached hydrogens (primary N) is 1. The number of hydrogen-bond acceptors (Lipinski definition) is 3. The maximum atomic E-state index is 5.52. The van der Waals surface area contributed by atoms with Gasteiger partial charge in [-0.25, -0.2) is 0 Å². The zero-order valence-corrected chi connectivity index (χ0v) is 9.84. The van der Waals surface area contributed by atoms with Crippen molar-refractivity contribution in [3.05, 3.63) is 35.3 Å². The third kappa shape index (κ3) is 3.53. The molecule has 0 saturated carbocycles. The Hall–Kier alpha value is -1.06. The van der Waals surface area contributed by atoms with Gasteiger partial charge in [0.1, 0.15) is 11.5 Å². The van der Waals surface area contributed by atoms with Gasteiger partial charge in [-0.15, -0.1) is 0 Å². The quantitative estimate of drug-likeness (QED) is 0.753. The molecule has 0 aliphatic heterocycles. The van der Waals surface area contributed by atoms with E-state index in [1.165, 1.54) is 5.56 Å². The summed E-state index contributed by atoms with van der Waals surface area (Å²) >= 11 is 0. The molecule has 1 aromatic rings. The molecule has 0 aliphatic carbocycles. The van der Waals surface area contributed by atoms with Crippen LogP contribution in [-0.2, 0) is 13.1 Å². The van der Waals surface area contributed by atoms with E-state index in [9.17, 15) is 0 Å². The van der Waals surface area contributed by atoms with Crippen molar-refractivity contribution in [1.29, 1.82) is 0 Å². The molecule has 0 spiro atoms. The molecular weight excluding hydrogens is 188 g/mol. The third-order valence-corrected chi connectivity index (χ3v) is 2.25. The first kappa shape index (κ1) is 12.0. The Morgan fingerprint density at radius 2 is 2.27 bits per heavy atom. The Balaban J connectivity index is 2.63. The summed E-state index contributed by atoms with van der Waals surface area (Å²) in [5, 5.41) is 0. The average molecular weight is 208 g/mol. The molecule has 2 N–H and O–H groups in total. The van der Waals surface area contributed by atoms with E-state index in [0.29, 0.717) is 6.54 Å². The minimum absolute atomic E-state index is 0.463. The molecule has 0 aromatic carbocycles. The maximum Gasteiger partial charge on any atom is 0.118 e. The van der Waals surface area contributed by atoms with Gasteiger partial charge in [0.2, 0.25) is 0 Å². The molecule has 84 valence electrons. The van der Waals surface area contributed by atoms with Gasteiger partial charge in [0, 0.05) is 18.7 Å². The first-order valence-corrected chi connectivity index (χ1v) is 5.14. The Kier molecular flexibility index (Phi) is 4.12. The summed E-state index contributed by atoms with van der Waals surface area (Å²) in [7, 11) is 2.07. The van der Waals surface area contributed by atoms with Crippen LogP contribution < -0.4 is 5.73 Å². The zero-order chi connectivity index (χ0) is 11.4.